The zero-order valence-corrected chi connectivity index (χ0v) is 11.9. The lowest BCUT2D eigenvalue weighted by Crippen LogP contribution is -2.14. The number of nitrogen functional groups attached to an aromatic ring is 1. The third-order valence-corrected chi connectivity index (χ3v) is 3.35. The molecule has 5 heteroatoms. The van der Waals surface area contributed by atoms with Crippen molar-refractivity contribution in [3.05, 3.63) is 57.9 Å². The first-order valence-electron chi connectivity index (χ1n) is 6.01. The number of nitrogens with two attached hydrogens (primary N) is 1. The second-order valence-electron chi connectivity index (χ2n) is 4.60. The molecule has 0 radical (unpaired) electrons. The van der Waals surface area contributed by atoms with Gasteiger partial charge in [-0.1, -0.05) is 17.7 Å². The molecule has 2 rings (SSSR count). The molecule has 0 spiro atoms. The number of hydrogen-bond donors (Lipinski definition) is 2. The van der Waals surface area contributed by atoms with Crippen LogP contribution in [0, 0.1) is 19.7 Å². The van der Waals surface area contributed by atoms with Crippen LogP contribution in [0.4, 0.5) is 15.8 Å². The van der Waals surface area contributed by atoms with E-state index in [1.54, 1.807) is 6.07 Å². The number of nitrogens with one attached hydrogen (secondary N) is 1. The number of rotatable bonds is 2. The Kier molecular flexibility index (Phi) is 3.95. The van der Waals surface area contributed by atoms with Gasteiger partial charge in [-0.25, -0.2) is 4.39 Å². The van der Waals surface area contributed by atoms with Gasteiger partial charge in [0.1, 0.15) is 5.82 Å². The minimum absolute atomic E-state index is 0.149. The van der Waals surface area contributed by atoms with E-state index < -0.39 is 5.82 Å². The summed E-state index contributed by atoms with van der Waals surface area (Å²) in [4.78, 5) is 12.2. The van der Waals surface area contributed by atoms with Crippen LogP contribution >= 0.6 is 11.6 Å². The number of hydrogen-bond acceptors (Lipinski definition) is 2. The largest absolute Gasteiger partial charge is 0.398 e. The van der Waals surface area contributed by atoms with Crippen molar-refractivity contribution in [1.82, 2.24) is 0 Å². The van der Waals surface area contributed by atoms with Crippen LogP contribution in [0.25, 0.3) is 0 Å². The van der Waals surface area contributed by atoms with E-state index in [4.69, 9.17) is 17.3 Å². The molecule has 104 valence electrons. The Morgan fingerprint density at radius 3 is 2.55 bits per heavy atom. The summed E-state index contributed by atoms with van der Waals surface area (Å²) in [5.74, 6) is -0.786. The zero-order chi connectivity index (χ0) is 14.9. The van der Waals surface area contributed by atoms with Gasteiger partial charge in [-0.2, -0.15) is 0 Å². The van der Waals surface area contributed by atoms with E-state index in [9.17, 15) is 9.18 Å². The molecule has 3 nitrogen and oxygen atoms in total. The standard InChI is InChI=1S/C15H14ClFN2O/c1-8-5-9(2)13(18)7-11(8)15(20)19-14-4-3-10(17)6-12(14)16/h3-7H,18H2,1-2H3,(H,19,20). The first-order valence-corrected chi connectivity index (χ1v) is 6.39. The van der Waals surface area contributed by atoms with Crippen molar-refractivity contribution in [3.63, 3.8) is 0 Å². The summed E-state index contributed by atoms with van der Waals surface area (Å²) in [5, 5.41) is 2.80. The molecule has 0 saturated heterocycles. The molecule has 2 aromatic rings. The summed E-state index contributed by atoms with van der Waals surface area (Å²) in [6.45, 7) is 3.70. The highest BCUT2D eigenvalue weighted by atomic mass is 35.5. The third-order valence-electron chi connectivity index (χ3n) is 3.04. The Hall–Kier alpha value is -2.07. The molecule has 2 aromatic carbocycles. The normalized spacial score (nSPS) is 10.4. The Balaban J connectivity index is 2.31. The third kappa shape index (κ3) is 2.91. The predicted molar refractivity (Wildman–Crippen MR) is 79.7 cm³/mol. The van der Waals surface area contributed by atoms with Crippen LogP contribution in [0.2, 0.25) is 5.02 Å². The molecule has 0 aliphatic carbocycles. The molecule has 0 aliphatic rings. The van der Waals surface area contributed by atoms with Crippen molar-refractivity contribution in [2.75, 3.05) is 11.1 Å². The lowest BCUT2D eigenvalue weighted by Gasteiger charge is -2.11. The molecular weight excluding hydrogens is 279 g/mol. The van der Waals surface area contributed by atoms with Gasteiger partial charge in [0.15, 0.2) is 0 Å². The smallest absolute Gasteiger partial charge is 0.256 e. The lowest BCUT2D eigenvalue weighted by atomic mass is 10.0. The first-order chi connectivity index (χ1) is 9.38. The minimum atomic E-state index is -0.455. The molecule has 0 saturated carbocycles. The average Bonchev–Trinajstić information content (AvgIpc) is 2.37. The number of anilines is 2. The van der Waals surface area contributed by atoms with Crippen LogP contribution in [0.1, 0.15) is 21.5 Å². The Morgan fingerprint density at radius 1 is 1.20 bits per heavy atom. The molecule has 0 aliphatic heterocycles. The Bertz CT molecular complexity index is 686. The van der Waals surface area contributed by atoms with Crippen LogP contribution in [-0.2, 0) is 0 Å². The van der Waals surface area contributed by atoms with E-state index >= 15 is 0 Å². The lowest BCUT2D eigenvalue weighted by molar-refractivity contribution is 0.102. The topological polar surface area (TPSA) is 55.1 Å². The monoisotopic (exact) mass is 292 g/mol. The maximum atomic E-state index is 13.0. The second kappa shape index (κ2) is 5.51. The average molecular weight is 293 g/mol. The quantitative estimate of drug-likeness (QED) is 0.824. The summed E-state index contributed by atoms with van der Waals surface area (Å²) in [7, 11) is 0. The van der Waals surface area contributed by atoms with Crippen LogP contribution in [-0.4, -0.2) is 5.91 Å². The first kappa shape index (κ1) is 14.3. The number of aryl methyl sites for hydroxylation is 2. The fraction of sp³-hybridized carbons (Fsp3) is 0.133. The van der Waals surface area contributed by atoms with E-state index in [2.05, 4.69) is 5.32 Å². The predicted octanol–water partition coefficient (Wildman–Crippen LogP) is 3.93. The molecule has 0 unspecified atom stereocenters. The van der Waals surface area contributed by atoms with Crippen LogP contribution in [0.5, 0.6) is 0 Å². The van der Waals surface area contributed by atoms with E-state index in [-0.39, 0.29) is 10.9 Å². The van der Waals surface area contributed by atoms with Gasteiger partial charge in [-0.05, 0) is 49.2 Å². The van der Waals surface area contributed by atoms with E-state index in [1.165, 1.54) is 12.1 Å². The molecule has 0 atom stereocenters. The molecule has 0 fully saturated rings. The molecule has 0 heterocycles. The summed E-state index contributed by atoms with van der Waals surface area (Å²) in [6, 6.07) is 7.27. The number of benzene rings is 2. The highest BCUT2D eigenvalue weighted by molar-refractivity contribution is 6.33. The van der Waals surface area contributed by atoms with Crippen molar-refractivity contribution >= 4 is 28.9 Å². The number of carbonyl (C=O) groups excluding carboxylic acids is 1. The highest BCUT2D eigenvalue weighted by Gasteiger charge is 2.13. The van der Waals surface area contributed by atoms with Crippen molar-refractivity contribution in [1.29, 1.82) is 0 Å². The number of amides is 1. The molecule has 1 amide bonds. The van der Waals surface area contributed by atoms with Gasteiger partial charge in [0.2, 0.25) is 0 Å². The minimum Gasteiger partial charge on any atom is -0.398 e. The summed E-state index contributed by atoms with van der Waals surface area (Å²) >= 11 is 5.88. The van der Waals surface area contributed by atoms with Gasteiger partial charge in [-0.15, -0.1) is 0 Å². The van der Waals surface area contributed by atoms with Crippen LogP contribution in [0.15, 0.2) is 30.3 Å². The van der Waals surface area contributed by atoms with Gasteiger partial charge >= 0.3 is 0 Å². The summed E-state index contributed by atoms with van der Waals surface area (Å²) < 4.78 is 13.0. The zero-order valence-electron chi connectivity index (χ0n) is 11.1. The maximum absolute atomic E-state index is 13.0. The van der Waals surface area contributed by atoms with E-state index in [0.717, 1.165) is 17.2 Å². The van der Waals surface area contributed by atoms with Crippen molar-refractivity contribution in [2.24, 2.45) is 0 Å². The fourth-order valence-electron chi connectivity index (χ4n) is 1.89. The second-order valence-corrected chi connectivity index (χ2v) is 5.01. The number of carbonyl (C=O) groups is 1. The van der Waals surface area contributed by atoms with Crippen molar-refractivity contribution < 1.29 is 9.18 Å². The van der Waals surface area contributed by atoms with Crippen LogP contribution < -0.4 is 11.1 Å². The van der Waals surface area contributed by atoms with Gasteiger partial charge in [0.25, 0.3) is 5.91 Å². The summed E-state index contributed by atoms with van der Waals surface area (Å²) in [5.41, 5.74) is 8.91. The number of halogens is 2. The summed E-state index contributed by atoms with van der Waals surface area (Å²) in [6.07, 6.45) is 0. The van der Waals surface area contributed by atoms with Gasteiger partial charge in [-0.3, -0.25) is 4.79 Å². The molecule has 0 bridgehead atoms. The van der Waals surface area contributed by atoms with Gasteiger partial charge in [0, 0.05) is 11.3 Å². The molecule has 20 heavy (non-hydrogen) atoms. The van der Waals surface area contributed by atoms with Crippen LogP contribution in [0.3, 0.4) is 0 Å². The maximum Gasteiger partial charge on any atom is 0.256 e. The Labute approximate surface area is 121 Å². The van der Waals surface area contributed by atoms with Crippen molar-refractivity contribution in [2.45, 2.75) is 13.8 Å². The van der Waals surface area contributed by atoms with Gasteiger partial charge in [0.05, 0.1) is 10.7 Å². The Morgan fingerprint density at radius 2 is 1.90 bits per heavy atom. The molecule has 0 aromatic heterocycles. The SMILES string of the molecule is Cc1cc(C)c(C(=O)Nc2ccc(F)cc2Cl)cc1N. The fourth-order valence-corrected chi connectivity index (χ4v) is 2.11. The highest BCUT2D eigenvalue weighted by Crippen LogP contribution is 2.24. The molecular formula is C15H14ClFN2O. The van der Waals surface area contributed by atoms with E-state index in [1.807, 2.05) is 19.9 Å². The molecule has 3 N–H and O–H groups in total. The van der Waals surface area contributed by atoms with Crippen molar-refractivity contribution in [3.8, 4) is 0 Å². The van der Waals surface area contributed by atoms with E-state index in [0.29, 0.717) is 16.9 Å². The van der Waals surface area contributed by atoms with Gasteiger partial charge < -0.3 is 11.1 Å².